The Morgan fingerprint density at radius 1 is 1.27 bits per heavy atom. The molecular weight excluding hydrogens is 393 g/mol. The second kappa shape index (κ2) is 6.83. The Bertz CT molecular complexity index is 875. The molecule has 1 aromatic carbocycles. The molecular formula is C18H17Cl2N3O2S. The van der Waals surface area contributed by atoms with Gasteiger partial charge in [-0.15, -0.1) is 11.3 Å². The van der Waals surface area contributed by atoms with Crippen molar-refractivity contribution >= 4 is 46.4 Å². The molecule has 8 heteroatoms. The van der Waals surface area contributed by atoms with Crippen molar-refractivity contribution in [1.29, 1.82) is 0 Å². The van der Waals surface area contributed by atoms with Crippen LogP contribution in [0.2, 0.25) is 10.0 Å². The molecule has 2 amide bonds. The van der Waals surface area contributed by atoms with Gasteiger partial charge in [-0.05, 0) is 36.5 Å². The van der Waals surface area contributed by atoms with Gasteiger partial charge in [-0.25, -0.2) is 4.98 Å². The van der Waals surface area contributed by atoms with Gasteiger partial charge in [0, 0.05) is 42.0 Å². The van der Waals surface area contributed by atoms with E-state index in [-0.39, 0.29) is 17.2 Å². The van der Waals surface area contributed by atoms with E-state index in [0.717, 1.165) is 24.9 Å². The van der Waals surface area contributed by atoms with Gasteiger partial charge in [-0.1, -0.05) is 23.2 Å². The van der Waals surface area contributed by atoms with E-state index in [1.54, 1.807) is 17.5 Å². The van der Waals surface area contributed by atoms with Crippen LogP contribution in [0, 0.1) is 5.41 Å². The molecule has 3 heterocycles. The molecule has 2 aromatic rings. The number of aromatic nitrogens is 1. The highest BCUT2D eigenvalue weighted by Crippen LogP contribution is 2.38. The molecule has 2 aliphatic rings. The molecule has 0 bridgehead atoms. The predicted octanol–water partition coefficient (Wildman–Crippen LogP) is 3.86. The predicted molar refractivity (Wildman–Crippen MR) is 103 cm³/mol. The fraction of sp³-hybridized carbons (Fsp3) is 0.389. The number of rotatable bonds is 2. The summed E-state index contributed by atoms with van der Waals surface area (Å²) in [5.41, 5.74) is 1.23. The molecule has 0 unspecified atom stereocenters. The monoisotopic (exact) mass is 409 g/mol. The molecule has 5 nitrogen and oxygen atoms in total. The van der Waals surface area contributed by atoms with Crippen molar-refractivity contribution in [1.82, 2.24) is 15.2 Å². The third-order valence-electron chi connectivity index (χ3n) is 5.19. The lowest BCUT2D eigenvalue weighted by Gasteiger charge is -2.37. The summed E-state index contributed by atoms with van der Waals surface area (Å²) in [6.45, 7) is 2.04. The summed E-state index contributed by atoms with van der Waals surface area (Å²) in [5.74, 6) is 0.0541. The minimum absolute atomic E-state index is 0.0257. The number of amides is 2. The zero-order chi connectivity index (χ0) is 18.3. The minimum atomic E-state index is -0.0651. The van der Waals surface area contributed by atoms with Crippen molar-refractivity contribution in [3.05, 3.63) is 39.3 Å². The lowest BCUT2D eigenvalue weighted by molar-refractivity contribution is -0.119. The minimum Gasteiger partial charge on any atom is -0.356 e. The Balaban J connectivity index is 1.46. The maximum absolute atomic E-state index is 12.8. The maximum Gasteiger partial charge on any atom is 0.273 e. The first-order chi connectivity index (χ1) is 12.5. The third-order valence-corrected chi connectivity index (χ3v) is 6.62. The first-order valence-corrected chi connectivity index (χ1v) is 10.1. The molecule has 2 saturated heterocycles. The summed E-state index contributed by atoms with van der Waals surface area (Å²) in [5, 5.41) is 6.47. The van der Waals surface area contributed by atoms with Crippen LogP contribution in [-0.4, -0.2) is 41.3 Å². The summed E-state index contributed by atoms with van der Waals surface area (Å²) < 4.78 is 0. The van der Waals surface area contributed by atoms with Crippen LogP contribution in [0.3, 0.4) is 0 Å². The Morgan fingerprint density at radius 2 is 2.04 bits per heavy atom. The van der Waals surface area contributed by atoms with Crippen molar-refractivity contribution in [2.24, 2.45) is 5.41 Å². The van der Waals surface area contributed by atoms with E-state index in [2.05, 4.69) is 10.3 Å². The molecule has 2 fully saturated rings. The van der Waals surface area contributed by atoms with Crippen LogP contribution in [0.5, 0.6) is 0 Å². The first-order valence-electron chi connectivity index (χ1n) is 8.43. The van der Waals surface area contributed by atoms with Gasteiger partial charge in [0.2, 0.25) is 5.91 Å². The fourth-order valence-electron chi connectivity index (χ4n) is 3.61. The van der Waals surface area contributed by atoms with Gasteiger partial charge >= 0.3 is 0 Å². The number of carbonyl (C=O) groups excluding carboxylic acids is 2. The van der Waals surface area contributed by atoms with E-state index in [0.29, 0.717) is 40.3 Å². The van der Waals surface area contributed by atoms with E-state index >= 15 is 0 Å². The maximum atomic E-state index is 12.8. The largest absolute Gasteiger partial charge is 0.356 e. The van der Waals surface area contributed by atoms with Crippen molar-refractivity contribution in [2.75, 3.05) is 19.6 Å². The van der Waals surface area contributed by atoms with E-state index in [9.17, 15) is 9.59 Å². The second-order valence-electron chi connectivity index (χ2n) is 6.91. The second-order valence-corrected chi connectivity index (χ2v) is 8.61. The Kier molecular flexibility index (Phi) is 4.67. The molecule has 0 saturated carbocycles. The number of hydrogen-bond donors (Lipinski definition) is 1. The van der Waals surface area contributed by atoms with Crippen molar-refractivity contribution in [3.8, 4) is 10.6 Å². The molecule has 1 aromatic heterocycles. The molecule has 1 spiro atoms. The van der Waals surface area contributed by atoms with Crippen LogP contribution in [-0.2, 0) is 4.79 Å². The number of benzene rings is 1. The zero-order valence-corrected chi connectivity index (χ0v) is 16.3. The molecule has 0 atom stereocenters. The Labute approximate surface area is 165 Å². The number of piperidine rings is 1. The van der Waals surface area contributed by atoms with Crippen LogP contribution in [0.1, 0.15) is 29.8 Å². The number of nitrogens with one attached hydrogen (secondary N) is 1. The number of carbonyl (C=O) groups is 2. The fourth-order valence-corrected chi connectivity index (χ4v) is 5.00. The zero-order valence-electron chi connectivity index (χ0n) is 13.9. The van der Waals surface area contributed by atoms with Crippen molar-refractivity contribution in [3.63, 3.8) is 0 Å². The first kappa shape index (κ1) is 17.8. The highest BCUT2D eigenvalue weighted by Gasteiger charge is 2.41. The molecule has 2 aliphatic heterocycles. The van der Waals surface area contributed by atoms with Crippen LogP contribution in [0.25, 0.3) is 10.6 Å². The van der Waals surface area contributed by atoms with Crippen LogP contribution < -0.4 is 5.32 Å². The van der Waals surface area contributed by atoms with Gasteiger partial charge in [-0.2, -0.15) is 0 Å². The third kappa shape index (κ3) is 3.33. The summed E-state index contributed by atoms with van der Waals surface area (Å²) in [7, 11) is 0. The number of nitrogens with zero attached hydrogens (tertiary/aromatic N) is 2. The molecule has 1 N–H and O–H groups in total. The van der Waals surface area contributed by atoms with Crippen LogP contribution in [0.15, 0.2) is 23.6 Å². The quantitative estimate of drug-likeness (QED) is 0.818. The SMILES string of the molecule is O=C1CC2(CCN(C(=O)c3csc(-c4ccc(Cl)cc4Cl)n3)CC2)CN1. The van der Waals surface area contributed by atoms with Crippen LogP contribution >= 0.6 is 34.5 Å². The van der Waals surface area contributed by atoms with Crippen molar-refractivity contribution in [2.45, 2.75) is 19.3 Å². The topological polar surface area (TPSA) is 62.3 Å². The molecule has 0 aliphatic carbocycles. The van der Waals surface area contributed by atoms with Gasteiger partial charge in [0.1, 0.15) is 10.7 Å². The van der Waals surface area contributed by atoms with Gasteiger partial charge in [0.15, 0.2) is 0 Å². The summed E-state index contributed by atoms with van der Waals surface area (Å²) in [4.78, 5) is 30.6. The van der Waals surface area contributed by atoms with Crippen molar-refractivity contribution < 1.29 is 9.59 Å². The molecule has 26 heavy (non-hydrogen) atoms. The summed E-state index contributed by atoms with van der Waals surface area (Å²) in [6.07, 6.45) is 2.26. The summed E-state index contributed by atoms with van der Waals surface area (Å²) >= 11 is 13.6. The van der Waals surface area contributed by atoms with Gasteiger partial charge < -0.3 is 10.2 Å². The van der Waals surface area contributed by atoms with E-state index < -0.39 is 0 Å². The van der Waals surface area contributed by atoms with E-state index in [4.69, 9.17) is 23.2 Å². The molecule has 136 valence electrons. The summed E-state index contributed by atoms with van der Waals surface area (Å²) in [6, 6.07) is 5.24. The molecule has 4 rings (SSSR count). The van der Waals surface area contributed by atoms with Gasteiger partial charge in [0.25, 0.3) is 5.91 Å². The average Bonchev–Trinajstić information content (AvgIpc) is 3.23. The van der Waals surface area contributed by atoms with E-state index in [1.807, 2.05) is 11.0 Å². The number of halogens is 2. The van der Waals surface area contributed by atoms with Gasteiger partial charge in [-0.3, -0.25) is 9.59 Å². The van der Waals surface area contributed by atoms with E-state index in [1.165, 1.54) is 11.3 Å². The van der Waals surface area contributed by atoms with Gasteiger partial charge in [0.05, 0.1) is 5.02 Å². The standard InChI is InChI=1S/C18H17Cl2N3O2S/c19-11-1-2-12(13(20)7-11)16-22-14(9-26-16)17(25)23-5-3-18(4-6-23)8-15(24)21-10-18/h1-2,7,9H,3-6,8,10H2,(H,21,24). The number of hydrogen-bond acceptors (Lipinski definition) is 4. The Morgan fingerprint density at radius 3 is 2.69 bits per heavy atom. The lowest BCUT2D eigenvalue weighted by Crippen LogP contribution is -2.44. The Hall–Kier alpha value is -1.63. The normalized spacial score (nSPS) is 19.0. The average molecular weight is 410 g/mol. The smallest absolute Gasteiger partial charge is 0.273 e. The number of thiazole rings is 1. The lowest BCUT2D eigenvalue weighted by atomic mass is 9.77. The molecule has 0 radical (unpaired) electrons. The number of likely N-dealkylation sites (tertiary alicyclic amines) is 1. The highest BCUT2D eigenvalue weighted by atomic mass is 35.5. The van der Waals surface area contributed by atoms with Crippen LogP contribution in [0.4, 0.5) is 0 Å². The highest BCUT2D eigenvalue weighted by molar-refractivity contribution is 7.13.